The van der Waals surface area contributed by atoms with Crippen LogP contribution in [0.3, 0.4) is 0 Å². The van der Waals surface area contributed by atoms with Gasteiger partial charge in [0.25, 0.3) is 0 Å². The first-order valence-electron chi connectivity index (χ1n) is 23.7. The normalized spacial score (nSPS) is 15.5. The Kier molecular flexibility index (Phi) is 8.41. The van der Waals surface area contributed by atoms with Gasteiger partial charge in [-0.25, -0.2) is 0 Å². The molecule has 10 aromatic rings. The molecule has 1 heteroatoms. The fraction of sp³-hybridized carbons (Fsp3) is 0.138. The molecule has 13 rings (SSSR count). The van der Waals surface area contributed by atoms with Gasteiger partial charge in [0.2, 0.25) is 0 Å². The fourth-order valence-electron chi connectivity index (χ4n) is 12.3. The van der Waals surface area contributed by atoms with Crippen LogP contribution < -0.4 is 4.90 Å². The summed E-state index contributed by atoms with van der Waals surface area (Å²) in [5, 5.41) is 4.99. The molecule has 0 aromatic heterocycles. The van der Waals surface area contributed by atoms with E-state index in [0.717, 1.165) is 17.8 Å². The molecule has 0 saturated heterocycles. The Labute approximate surface area is 388 Å². The van der Waals surface area contributed by atoms with Crippen molar-refractivity contribution in [2.24, 2.45) is 0 Å². The minimum atomic E-state index is -0.489. The second kappa shape index (κ2) is 14.3. The van der Waals surface area contributed by atoms with Crippen molar-refractivity contribution in [3.8, 4) is 44.5 Å². The van der Waals surface area contributed by atoms with Crippen molar-refractivity contribution in [2.75, 3.05) is 4.90 Å². The molecular formula is C65H51N. The highest BCUT2D eigenvalue weighted by atomic mass is 15.1. The molecule has 0 bridgehead atoms. The zero-order valence-electron chi connectivity index (χ0n) is 38.1. The quantitative estimate of drug-likeness (QED) is 0.156. The van der Waals surface area contributed by atoms with Crippen molar-refractivity contribution in [1.29, 1.82) is 0 Å². The van der Waals surface area contributed by atoms with Crippen LogP contribution in [0.25, 0.3) is 66.1 Å². The monoisotopic (exact) mass is 845 g/mol. The van der Waals surface area contributed by atoms with Crippen LogP contribution in [-0.4, -0.2) is 0 Å². The Morgan fingerprint density at radius 1 is 0.318 bits per heavy atom. The van der Waals surface area contributed by atoms with Crippen LogP contribution in [-0.2, 0) is 16.2 Å². The first-order chi connectivity index (χ1) is 32.2. The van der Waals surface area contributed by atoms with Gasteiger partial charge in [0, 0.05) is 16.9 Å². The predicted molar refractivity (Wildman–Crippen MR) is 279 cm³/mol. The summed E-state index contributed by atoms with van der Waals surface area (Å²) in [7, 11) is 0. The molecule has 66 heavy (non-hydrogen) atoms. The van der Waals surface area contributed by atoms with Gasteiger partial charge in [0.05, 0.1) is 11.1 Å². The third kappa shape index (κ3) is 5.59. The smallest absolute Gasteiger partial charge is 0.0726 e. The van der Waals surface area contributed by atoms with E-state index in [0.29, 0.717) is 0 Å². The molecule has 0 N–H and O–H groups in total. The molecule has 1 nitrogen and oxygen atoms in total. The lowest BCUT2D eigenvalue weighted by Gasteiger charge is -2.42. The Hall–Kier alpha value is -7.48. The van der Waals surface area contributed by atoms with Crippen LogP contribution in [0.4, 0.5) is 17.1 Å². The summed E-state index contributed by atoms with van der Waals surface area (Å²) >= 11 is 0. The molecule has 0 heterocycles. The summed E-state index contributed by atoms with van der Waals surface area (Å²) in [6.07, 6.45) is 2.34. The maximum Gasteiger partial charge on any atom is 0.0726 e. The van der Waals surface area contributed by atoms with Crippen molar-refractivity contribution >= 4 is 38.6 Å². The van der Waals surface area contributed by atoms with Crippen molar-refractivity contribution < 1.29 is 0 Å². The van der Waals surface area contributed by atoms with E-state index in [-0.39, 0.29) is 10.8 Å². The van der Waals surface area contributed by atoms with E-state index in [9.17, 15) is 0 Å². The summed E-state index contributed by atoms with van der Waals surface area (Å²) in [4.78, 5) is 2.56. The van der Waals surface area contributed by atoms with Crippen molar-refractivity contribution in [1.82, 2.24) is 0 Å². The van der Waals surface area contributed by atoms with E-state index >= 15 is 0 Å². The number of hydrogen-bond donors (Lipinski definition) is 0. The molecule has 3 aliphatic rings. The predicted octanol–water partition coefficient (Wildman–Crippen LogP) is 17.5. The molecule has 0 radical (unpaired) electrons. The lowest BCUT2D eigenvalue weighted by atomic mass is 9.63. The number of hydrogen-bond acceptors (Lipinski definition) is 1. The van der Waals surface area contributed by atoms with Gasteiger partial charge in [-0.1, -0.05) is 204 Å². The molecular weight excluding hydrogens is 795 g/mol. The first kappa shape index (κ1) is 38.9. The summed E-state index contributed by atoms with van der Waals surface area (Å²) < 4.78 is 0. The van der Waals surface area contributed by atoms with Crippen LogP contribution in [0.1, 0.15) is 73.9 Å². The number of rotatable bonds is 5. The van der Waals surface area contributed by atoms with Crippen molar-refractivity contribution in [3.63, 3.8) is 0 Å². The average molecular weight is 846 g/mol. The number of fused-ring (bicyclic) bond motifs is 14. The number of benzene rings is 10. The van der Waals surface area contributed by atoms with Gasteiger partial charge in [0.15, 0.2) is 0 Å². The maximum atomic E-state index is 2.59. The third-order valence-electron chi connectivity index (χ3n) is 15.7. The van der Waals surface area contributed by atoms with E-state index in [4.69, 9.17) is 0 Å². The molecule has 0 atom stereocenters. The number of anilines is 3. The zero-order valence-corrected chi connectivity index (χ0v) is 38.1. The van der Waals surface area contributed by atoms with Gasteiger partial charge < -0.3 is 4.90 Å². The van der Waals surface area contributed by atoms with E-state index in [1.165, 1.54) is 112 Å². The molecule has 3 aliphatic carbocycles. The second-order valence-electron chi connectivity index (χ2n) is 20.3. The third-order valence-corrected chi connectivity index (χ3v) is 15.7. The Bertz CT molecular complexity index is 3540. The van der Waals surface area contributed by atoms with E-state index in [2.05, 4.69) is 245 Å². The lowest BCUT2D eigenvalue weighted by molar-refractivity contribution is 0.332. The standard InChI is InChI=1S/C65H51N/c1-63(2)36-37-64(3,4)61-38-46(31-35-59(61)63)54-40-55-52-22-12-15-25-58(52)65(56-23-13-10-20-50(56)51-21-11-14-24-57(51)65)60(55)41-62(54)66(47-32-28-43(29-33-47)42-16-6-5-7-17-42)48-34-30-45-27-26-44-18-8-9-19-49(44)53(45)39-48/h5-35,38-41H,36-37H2,1-4H3. The van der Waals surface area contributed by atoms with Gasteiger partial charge in [0.1, 0.15) is 0 Å². The minimum absolute atomic E-state index is 0.0536. The summed E-state index contributed by atoms with van der Waals surface area (Å²) in [5.74, 6) is 0. The summed E-state index contributed by atoms with van der Waals surface area (Å²) in [6, 6.07) is 80.5. The zero-order chi connectivity index (χ0) is 44.4. The van der Waals surface area contributed by atoms with Crippen LogP contribution in [0.5, 0.6) is 0 Å². The fourth-order valence-corrected chi connectivity index (χ4v) is 12.3. The van der Waals surface area contributed by atoms with Crippen molar-refractivity contribution in [3.05, 3.63) is 246 Å². The van der Waals surface area contributed by atoms with Crippen LogP contribution in [0.2, 0.25) is 0 Å². The molecule has 0 unspecified atom stereocenters. The minimum Gasteiger partial charge on any atom is -0.310 e. The second-order valence-corrected chi connectivity index (χ2v) is 20.3. The molecule has 316 valence electrons. The molecule has 0 amide bonds. The van der Waals surface area contributed by atoms with Crippen molar-refractivity contribution in [2.45, 2.75) is 56.8 Å². The Morgan fingerprint density at radius 3 is 1.52 bits per heavy atom. The van der Waals surface area contributed by atoms with E-state index in [1.807, 2.05) is 0 Å². The Balaban J connectivity index is 1.15. The summed E-state index contributed by atoms with van der Waals surface area (Å²) in [6.45, 7) is 9.76. The topological polar surface area (TPSA) is 3.24 Å². The van der Waals surface area contributed by atoms with Crippen LogP contribution >= 0.6 is 0 Å². The van der Waals surface area contributed by atoms with Crippen LogP contribution in [0.15, 0.2) is 212 Å². The van der Waals surface area contributed by atoms with Gasteiger partial charge >= 0.3 is 0 Å². The number of nitrogens with zero attached hydrogens (tertiary/aromatic N) is 1. The van der Waals surface area contributed by atoms with E-state index < -0.39 is 5.41 Å². The van der Waals surface area contributed by atoms with Gasteiger partial charge in [-0.3, -0.25) is 0 Å². The average Bonchev–Trinajstić information content (AvgIpc) is 3.82. The first-order valence-corrected chi connectivity index (χ1v) is 23.7. The SMILES string of the molecule is CC1(C)CCC(C)(C)c2cc(-c3cc4c(cc3N(c3ccc(-c5ccccc5)cc3)c3ccc5ccc6ccccc6c5c3)C3(c5ccccc5-c5ccccc53)c3ccccc3-4)ccc21. The largest absolute Gasteiger partial charge is 0.310 e. The molecule has 10 aromatic carbocycles. The highest BCUT2D eigenvalue weighted by Gasteiger charge is 2.52. The van der Waals surface area contributed by atoms with Crippen LogP contribution in [0, 0.1) is 0 Å². The molecule has 0 fully saturated rings. The lowest BCUT2D eigenvalue weighted by Crippen LogP contribution is -2.33. The highest BCUT2D eigenvalue weighted by Crippen LogP contribution is 2.64. The van der Waals surface area contributed by atoms with Gasteiger partial charge in [-0.2, -0.15) is 0 Å². The Morgan fingerprint density at radius 2 is 0.833 bits per heavy atom. The highest BCUT2D eigenvalue weighted by molar-refractivity contribution is 6.09. The van der Waals surface area contributed by atoms with Gasteiger partial charge in [-0.15, -0.1) is 0 Å². The molecule has 1 spiro atoms. The van der Waals surface area contributed by atoms with E-state index in [1.54, 1.807) is 0 Å². The summed E-state index contributed by atoms with van der Waals surface area (Å²) in [5.41, 5.74) is 21.5. The molecule has 0 saturated carbocycles. The van der Waals surface area contributed by atoms with Gasteiger partial charge in [-0.05, 0) is 154 Å². The molecule has 0 aliphatic heterocycles. The maximum absolute atomic E-state index is 2.59.